The average Bonchev–Trinajstić information content (AvgIpc) is 2.60. The van der Waals surface area contributed by atoms with Gasteiger partial charge in [0.2, 0.25) is 5.96 Å². The number of hydrogen-bond donors (Lipinski definition) is 3. The van der Waals surface area contributed by atoms with Crippen molar-refractivity contribution in [2.24, 2.45) is 4.99 Å². The molecule has 1 unspecified atom stereocenters. The SMILES string of the molecule is N#CNC(=Nc1ccncc1)NCC(O)COc1ccc(Cl)cc1. The van der Waals surface area contributed by atoms with Crippen LogP contribution in [0.25, 0.3) is 0 Å². The molecule has 0 spiro atoms. The fourth-order valence-corrected chi connectivity index (χ4v) is 1.83. The molecule has 2 aromatic rings. The highest BCUT2D eigenvalue weighted by Gasteiger charge is 2.07. The van der Waals surface area contributed by atoms with Crippen LogP contribution in [0, 0.1) is 11.5 Å². The standard InChI is InChI=1S/C16H16ClN5O2/c17-12-1-3-15(4-2-12)24-10-14(23)9-20-16(21-11-18)22-13-5-7-19-8-6-13/h1-8,14,23H,9-10H2,(H2,19,20,21,22). The first kappa shape index (κ1) is 17.5. The molecule has 1 aromatic carbocycles. The molecule has 3 N–H and O–H groups in total. The monoisotopic (exact) mass is 345 g/mol. The molecule has 0 radical (unpaired) electrons. The summed E-state index contributed by atoms with van der Waals surface area (Å²) in [7, 11) is 0. The number of nitrogens with zero attached hydrogens (tertiary/aromatic N) is 3. The summed E-state index contributed by atoms with van der Waals surface area (Å²) in [4.78, 5) is 8.11. The number of aliphatic imine (C=N–C) groups is 1. The summed E-state index contributed by atoms with van der Waals surface area (Å²) in [6, 6.07) is 10.2. The normalized spacial score (nSPS) is 12.1. The first-order chi connectivity index (χ1) is 11.7. The van der Waals surface area contributed by atoms with E-state index in [2.05, 4.69) is 20.6 Å². The molecular formula is C16H16ClN5O2. The van der Waals surface area contributed by atoms with Gasteiger partial charge in [-0.15, -0.1) is 0 Å². The summed E-state index contributed by atoms with van der Waals surface area (Å²) in [5, 5.41) is 24.6. The molecule has 0 aliphatic heterocycles. The third-order valence-corrected chi connectivity index (χ3v) is 3.09. The van der Waals surface area contributed by atoms with Crippen LogP contribution in [-0.4, -0.2) is 35.3 Å². The van der Waals surface area contributed by atoms with E-state index in [0.29, 0.717) is 16.5 Å². The van der Waals surface area contributed by atoms with Crippen LogP contribution in [0.2, 0.25) is 5.02 Å². The van der Waals surface area contributed by atoms with E-state index in [-0.39, 0.29) is 19.1 Å². The molecule has 0 bridgehead atoms. The summed E-state index contributed by atoms with van der Waals surface area (Å²) in [6.45, 7) is 0.246. The summed E-state index contributed by atoms with van der Waals surface area (Å²) in [5.41, 5.74) is 0.627. The first-order valence-corrected chi connectivity index (χ1v) is 7.49. The molecule has 1 atom stereocenters. The van der Waals surface area contributed by atoms with Crippen molar-refractivity contribution in [1.82, 2.24) is 15.6 Å². The third-order valence-electron chi connectivity index (χ3n) is 2.84. The molecule has 0 fully saturated rings. The van der Waals surface area contributed by atoms with E-state index in [0.717, 1.165) is 0 Å². The lowest BCUT2D eigenvalue weighted by atomic mass is 10.3. The molecule has 1 aromatic heterocycles. The van der Waals surface area contributed by atoms with E-state index in [1.54, 1.807) is 55.0 Å². The van der Waals surface area contributed by atoms with Crippen LogP contribution in [0.1, 0.15) is 0 Å². The number of hydrogen-bond acceptors (Lipinski definition) is 5. The van der Waals surface area contributed by atoms with E-state index in [1.165, 1.54) is 0 Å². The molecule has 0 amide bonds. The minimum atomic E-state index is -0.788. The number of ether oxygens (including phenoxy) is 1. The van der Waals surface area contributed by atoms with Crippen molar-refractivity contribution in [3.63, 3.8) is 0 Å². The van der Waals surface area contributed by atoms with Gasteiger partial charge in [0.25, 0.3) is 0 Å². The Morgan fingerprint density at radius 3 is 2.67 bits per heavy atom. The zero-order chi connectivity index (χ0) is 17.2. The molecule has 0 aliphatic rings. The van der Waals surface area contributed by atoms with Gasteiger partial charge in [-0.2, -0.15) is 5.26 Å². The predicted octanol–water partition coefficient (Wildman–Crippen LogP) is 1.82. The minimum absolute atomic E-state index is 0.0870. The second-order valence-corrected chi connectivity index (χ2v) is 5.14. The molecule has 8 heteroatoms. The number of halogens is 1. The zero-order valence-corrected chi connectivity index (χ0v) is 13.4. The van der Waals surface area contributed by atoms with Gasteiger partial charge in [-0.1, -0.05) is 11.6 Å². The molecule has 1 heterocycles. The summed E-state index contributed by atoms with van der Waals surface area (Å²) in [5.74, 6) is 0.841. The van der Waals surface area contributed by atoms with Crippen molar-refractivity contribution in [3.05, 3.63) is 53.8 Å². The van der Waals surface area contributed by atoms with Crippen LogP contribution in [0.4, 0.5) is 5.69 Å². The van der Waals surface area contributed by atoms with Crippen LogP contribution in [0.3, 0.4) is 0 Å². The van der Waals surface area contributed by atoms with Gasteiger partial charge in [-0.05, 0) is 36.4 Å². The van der Waals surface area contributed by atoms with Gasteiger partial charge in [0.1, 0.15) is 18.5 Å². The van der Waals surface area contributed by atoms with Gasteiger partial charge in [-0.3, -0.25) is 10.3 Å². The largest absolute Gasteiger partial charge is 0.491 e. The lowest BCUT2D eigenvalue weighted by Gasteiger charge is -2.14. The Hall–Kier alpha value is -2.82. The molecule has 2 rings (SSSR count). The summed E-state index contributed by atoms with van der Waals surface area (Å²) < 4.78 is 5.45. The maximum absolute atomic E-state index is 9.96. The first-order valence-electron chi connectivity index (χ1n) is 7.11. The number of aliphatic hydroxyl groups is 1. The molecule has 0 saturated carbocycles. The number of benzene rings is 1. The second kappa shape index (κ2) is 9.35. The van der Waals surface area contributed by atoms with Gasteiger partial charge in [0, 0.05) is 24.0 Å². The van der Waals surface area contributed by atoms with Crippen molar-refractivity contribution < 1.29 is 9.84 Å². The number of nitriles is 1. The molecule has 24 heavy (non-hydrogen) atoms. The van der Waals surface area contributed by atoms with Crippen molar-refractivity contribution in [2.45, 2.75) is 6.10 Å². The number of guanidine groups is 1. The smallest absolute Gasteiger partial charge is 0.210 e. The number of aliphatic hydroxyl groups excluding tert-OH is 1. The van der Waals surface area contributed by atoms with E-state index in [4.69, 9.17) is 21.6 Å². The van der Waals surface area contributed by atoms with Crippen LogP contribution in [0.15, 0.2) is 53.8 Å². The van der Waals surface area contributed by atoms with Gasteiger partial charge >= 0.3 is 0 Å². The number of aromatic nitrogens is 1. The van der Waals surface area contributed by atoms with E-state index in [1.807, 2.05) is 0 Å². The highest BCUT2D eigenvalue weighted by Crippen LogP contribution is 2.15. The van der Waals surface area contributed by atoms with Crippen molar-refractivity contribution in [2.75, 3.05) is 13.2 Å². The second-order valence-electron chi connectivity index (χ2n) is 4.70. The Morgan fingerprint density at radius 1 is 1.29 bits per heavy atom. The molecule has 0 saturated heterocycles. The number of nitrogens with one attached hydrogen (secondary N) is 2. The zero-order valence-electron chi connectivity index (χ0n) is 12.7. The number of pyridine rings is 1. The van der Waals surface area contributed by atoms with Gasteiger partial charge in [0.05, 0.1) is 5.69 Å². The molecular weight excluding hydrogens is 330 g/mol. The molecule has 124 valence electrons. The Labute approximate surface area is 144 Å². The van der Waals surface area contributed by atoms with Gasteiger partial charge in [0.15, 0.2) is 6.19 Å². The van der Waals surface area contributed by atoms with Crippen LogP contribution in [0.5, 0.6) is 5.75 Å². The number of rotatable bonds is 6. The summed E-state index contributed by atoms with van der Waals surface area (Å²) in [6.07, 6.45) is 4.19. The maximum Gasteiger partial charge on any atom is 0.210 e. The van der Waals surface area contributed by atoms with Crippen LogP contribution in [-0.2, 0) is 0 Å². The van der Waals surface area contributed by atoms with E-state index < -0.39 is 6.10 Å². The lowest BCUT2D eigenvalue weighted by molar-refractivity contribution is 0.110. The predicted molar refractivity (Wildman–Crippen MR) is 91.0 cm³/mol. The van der Waals surface area contributed by atoms with Crippen molar-refractivity contribution >= 4 is 23.2 Å². The quantitative estimate of drug-likeness (QED) is 0.319. The fraction of sp³-hybridized carbons (Fsp3) is 0.188. The van der Waals surface area contributed by atoms with Gasteiger partial charge < -0.3 is 15.2 Å². The highest BCUT2D eigenvalue weighted by atomic mass is 35.5. The Balaban J connectivity index is 1.83. The minimum Gasteiger partial charge on any atom is -0.491 e. The van der Waals surface area contributed by atoms with Crippen LogP contribution >= 0.6 is 11.6 Å². The fourth-order valence-electron chi connectivity index (χ4n) is 1.71. The van der Waals surface area contributed by atoms with Crippen molar-refractivity contribution in [3.8, 4) is 11.9 Å². The highest BCUT2D eigenvalue weighted by molar-refractivity contribution is 6.30. The Kier molecular flexibility index (Phi) is 6.83. The Bertz CT molecular complexity index is 701. The van der Waals surface area contributed by atoms with Gasteiger partial charge in [-0.25, -0.2) is 4.99 Å². The lowest BCUT2D eigenvalue weighted by Crippen LogP contribution is -2.40. The van der Waals surface area contributed by atoms with Crippen LogP contribution < -0.4 is 15.4 Å². The average molecular weight is 346 g/mol. The third kappa shape index (κ3) is 6.12. The Morgan fingerprint density at radius 2 is 2.00 bits per heavy atom. The topological polar surface area (TPSA) is 103 Å². The molecule has 0 aliphatic carbocycles. The van der Waals surface area contributed by atoms with E-state index in [9.17, 15) is 5.11 Å². The maximum atomic E-state index is 9.96. The van der Waals surface area contributed by atoms with E-state index >= 15 is 0 Å². The molecule has 7 nitrogen and oxygen atoms in total. The van der Waals surface area contributed by atoms with Crippen molar-refractivity contribution in [1.29, 1.82) is 5.26 Å². The summed E-state index contributed by atoms with van der Waals surface area (Å²) >= 11 is 5.79.